The van der Waals surface area contributed by atoms with Crippen LogP contribution >= 0.6 is 11.6 Å². The standard InChI is InChI=1S/C14H18ClNO2/c1-13(18-2,12(16)17)14(8-3-9-14)10-4-6-11(15)7-5-10/h4-7H,3,8-9H2,1-2H3,(H2,16,17). The van der Waals surface area contributed by atoms with Crippen LogP contribution in [-0.4, -0.2) is 18.6 Å². The molecule has 1 unspecified atom stereocenters. The first-order valence-electron chi connectivity index (χ1n) is 6.07. The van der Waals surface area contributed by atoms with Crippen molar-refractivity contribution in [3.05, 3.63) is 34.9 Å². The molecule has 0 bridgehead atoms. The number of methoxy groups -OCH3 is 1. The average Bonchev–Trinajstić information content (AvgIpc) is 2.29. The summed E-state index contributed by atoms with van der Waals surface area (Å²) in [4.78, 5) is 11.8. The molecule has 1 aromatic rings. The van der Waals surface area contributed by atoms with Gasteiger partial charge in [-0.2, -0.15) is 0 Å². The van der Waals surface area contributed by atoms with E-state index in [0.29, 0.717) is 5.02 Å². The van der Waals surface area contributed by atoms with E-state index in [9.17, 15) is 4.79 Å². The molecular formula is C14H18ClNO2. The number of halogens is 1. The molecule has 1 fully saturated rings. The highest BCUT2D eigenvalue weighted by atomic mass is 35.5. The molecule has 18 heavy (non-hydrogen) atoms. The Balaban J connectivity index is 2.48. The fourth-order valence-corrected chi connectivity index (χ4v) is 3.00. The molecule has 4 heteroatoms. The summed E-state index contributed by atoms with van der Waals surface area (Å²) >= 11 is 5.91. The van der Waals surface area contributed by atoms with Crippen LogP contribution < -0.4 is 5.73 Å². The molecule has 1 aromatic carbocycles. The van der Waals surface area contributed by atoms with Gasteiger partial charge in [-0.1, -0.05) is 30.2 Å². The van der Waals surface area contributed by atoms with Crippen molar-refractivity contribution in [2.24, 2.45) is 5.73 Å². The summed E-state index contributed by atoms with van der Waals surface area (Å²) in [6.45, 7) is 1.78. The summed E-state index contributed by atoms with van der Waals surface area (Å²) in [6.07, 6.45) is 2.89. The second-order valence-corrected chi connectivity index (χ2v) is 5.48. The number of primary amides is 1. The molecule has 2 N–H and O–H groups in total. The van der Waals surface area contributed by atoms with Crippen LogP contribution in [0.25, 0.3) is 0 Å². The second-order valence-electron chi connectivity index (χ2n) is 5.04. The van der Waals surface area contributed by atoms with Crippen molar-refractivity contribution < 1.29 is 9.53 Å². The Labute approximate surface area is 112 Å². The number of carbonyl (C=O) groups is 1. The topological polar surface area (TPSA) is 52.3 Å². The first kappa shape index (κ1) is 13.4. The monoisotopic (exact) mass is 267 g/mol. The van der Waals surface area contributed by atoms with Crippen LogP contribution in [0.15, 0.2) is 24.3 Å². The van der Waals surface area contributed by atoms with Crippen LogP contribution in [0.3, 0.4) is 0 Å². The van der Waals surface area contributed by atoms with Gasteiger partial charge in [-0.25, -0.2) is 0 Å². The van der Waals surface area contributed by atoms with Crippen molar-refractivity contribution in [1.82, 2.24) is 0 Å². The molecule has 1 atom stereocenters. The fraction of sp³-hybridized carbons (Fsp3) is 0.500. The Morgan fingerprint density at radius 1 is 1.39 bits per heavy atom. The highest BCUT2D eigenvalue weighted by molar-refractivity contribution is 6.30. The smallest absolute Gasteiger partial charge is 0.250 e. The number of hydrogen-bond donors (Lipinski definition) is 1. The van der Waals surface area contributed by atoms with E-state index in [2.05, 4.69) is 0 Å². The van der Waals surface area contributed by atoms with Crippen molar-refractivity contribution in [3.63, 3.8) is 0 Å². The van der Waals surface area contributed by atoms with Gasteiger partial charge in [-0.05, 0) is 37.5 Å². The molecule has 3 nitrogen and oxygen atoms in total. The fourth-order valence-electron chi connectivity index (χ4n) is 2.87. The lowest BCUT2D eigenvalue weighted by Gasteiger charge is -2.52. The zero-order chi connectivity index (χ0) is 13.4. The molecule has 0 radical (unpaired) electrons. The summed E-state index contributed by atoms with van der Waals surface area (Å²) < 4.78 is 5.48. The number of ether oxygens (including phenoxy) is 1. The first-order chi connectivity index (χ1) is 8.46. The Hall–Kier alpha value is -1.06. The van der Waals surface area contributed by atoms with Gasteiger partial charge in [0.1, 0.15) is 0 Å². The lowest BCUT2D eigenvalue weighted by atomic mass is 9.55. The van der Waals surface area contributed by atoms with Crippen LogP contribution in [0.1, 0.15) is 31.7 Å². The minimum Gasteiger partial charge on any atom is -0.368 e. The summed E-state index contributed by atoms with van der Waals surface area (Å²) in [7, 11) is 1.54. The number of amides is 1. The SMILES string of the molecule is COC(C)(C(N)=O)C1(c2ccc(Cl)cc2)CCC1. The summed E-state index contributed by atoms with van der Waals surface area (Å²) in [5.74, 6) is -0.417. The maximum absolute atomic E-state index is 11.8. The third-order valence-electron chi connectivity index (χ3n) is 4.40. The molecule has 2 rings (SSSR count). The van der Waals surface area contributed by atoms with E-state index >= 15 is 0 Å². The molecule has 98 valence electrons. The number of nitrogens with two attached hydrogens (primary N) is 1. The number of rotatable bonds is 4. The van der Waals surface area contributed by atoms with Gasteiger partial charge in [0.15, 0.2) is 5.60 Å². The van der Waals surface area contributed by atoms with Gasteiger partial charge < -0.3 is 10.5 Å². The van der Waals surface area contributed by atoms with E-state index < -0.39 is 11.5 Å². The van der Waals surface area contributed by atoms with E-state index in [4.69, 9.17) is 22.1 Å². The molecule has 1 aliphatic rings. The summed E-state index contributed by atoms with van der Waals surface area (Å²) in [5.41, 5.74) is 5.33. The van der Waals surface area contributed by atoms with Gasteiger partial charge in [0.05, 0.1) is 0 Å². The van der Waals surface area contributed by atoms with E-state index in [-0.39, 0.29) is 5.41 Å². The Morgan fingerprint density at radius 2 is 1.94 bits per heavy atom. The maximum Gasteiger partial charge on any atom is 0.250 e. The number of benzene rings is 1. The van der Waals surface area contributed by atoms with Gasteiger partial charge in [0.25, 0.3) is 0 Å². The third kappa shape index (κ3) is 1.73. The van der Waals surface area contributed by atoms with E-state index in [1.165, 1.54) is 0 Å². The van der Waals surface area contributed by atoms with Crippen LogP contribution in [0.4, 0.5) is 0 Å². The van der Waals surface area contributed by atoms with Crippen molar-refractivity contribution in [1.29, 1.82) is 0 Å². The summed E-state index contributed by atoms with van der Waals surface area (Å²) in [6, 6.07) is 7.60. The predicted octanol–water partition coefficient (Wildman–Crippen LogP) is 2.65. The van der Waals surface area contributed by atoms with Gasteiger partial charge in [0, 0.05) is 17.5 Å². The molecule has 0 aromatic heterocycles. The number of carbonyl (C=O) groups excluding carboxylic acids is 1. The Bertz CT molecular complexity index is 453. The van der Waals surface area contributed by atoms with Crippen molar-refractivity contribution in [2.75, 3.05) is 7.11 Å². The molecular weight excluding hydrogens is 250 g/mol. The van der Waals surface area contributed by atoms with Crippen molar-refractivity contribution in [3.8, 4) is 0 Å². The predicted molar refractivity (Wildman–Crippen MR) is 71.6 cm³/mol. The zero-order valence-electron chi connectivity index (χ0n) is 10.7. The number of hydrogen-bond acceptors (Lipinski definition) is 2. The van der Waals surface area contributed by atoms with E-state index in [0.717, 1.165) is 24.8 Å². The largest absolute Gasteiger partial charge is 0.368 e. The van der Waals surface area contributed by atoms with E-state index in [1.807, 2.05) is 24.3 Å². The van der Waals surface area contributed by atoms with Gasteiger partial charge in [-0.15, -0.1) is 0 Å². The van der Waals surface area contributed by atoms with Gasteiger partial charge in [0.2, 0.25) is 5.91 Å². The van der Waals surface area contributed by atoms with Gasteiger partial charge in [-0.3, -0.25) is 4.79 Å². The van der Waals surface area contributed by atoms with Gasteiger partial charge >= 0.3 is 0 Å². The molecule has 0 aliphatic heterocycles. The first-order valence-corrected chi connectivity index (χ1v) is 6.45. The minimum absolute atomic E-state index is 0.321. The quantitative estimate of drug-likeness (QED) is 0.912. The highest BCUT2D eigenvalue weighted by Gasteiger charge is 2.57. The zero-order valence-corrected chi connectivity index (χ0v) is 11.5. The second kappa shape index (κ2) is 4.56. The highest BCUT2D eigenvalue weighted by Crippen LogP contribution is 2.52. The lowest BCUT2D eigenvalue weighted by molar-refractivity contribution is -0.154. The van der Waals surface area contributed by atoms with Crippen molar-refractivity contribution >= 4 is 17.5 Å². The Kier molecular flexibility index (Phi) is 3.39. The van der Waals surface area contributed by atoms with Crippen molar-refractivity contribution in [2.45, 2.75) is 37.2 Å². The van der Waals surface area contributed by atoms with Crippen LogP contribution in [0, 0.1) is 0 Å². The average molecular weight is 268 g/mol. The minimum atomic E-state index is -0.973. The van der Waals surface area contributed by atoms with E-state index in [1.54, 1.807) is 14.0 Å². The normalized spacial score (nSPS) is 20.8. The molecule has 0 saturated heterocycles. The lowest BCUT2D eigenvalue weighted by Crippen LogP contribution is -2.62. The molecule has 0 spiro atoms. The molecule has 1 saturated carbocycles. The van der Waals surface area contributed by atoms with Crippen LogP contribution in [0.5, 0.6) is 0 Å². The molecule has 1 aliphatic carbocycles. The third-order valence-corrected chi connectivity index (χ3v) is 4.65. The van der Waals surface area contributed by atoms with Crippen LogP contribution in [0.2, 0.25) is 5.02 Å². The summed E-state index contributed by atoms with van der Waals surface area (Å²) in [5, 5.41) is 0.686. The van der Waals surface area contributed by atoms with Crippen LogP contribution in [-0.2, 0) is 14.9 Å². The molecule has 1 amide bonds. The maximum atomic E-state index is 11.8. The molecule has 0 heterocycles. The Morgan fingerprint density at radius 3 is 2.28 bits per heavy atom.